The van der Waals surface area contributed by atoms with Crippen molar-refractivity contribution in [3.8, 4) is 11.8 Å². The number of ether oxygens (including phenoxy) is 2. The van der Waals surface area contributed by atoms with Gasteiger partial charge in [0.15, 0.2) is 5.82 Å². The van der Waals surface area contributed by atoms with Crippen molar-refractivity contribution in [3.63, 3.8) is 0 Å². The van der Waals surface area contributed by atoms with E-state index in [9.17, 15) is 4.79 Å². The lowest BCUT2D eigenvalue weighted by Crippen LogP contribution is -2.26. The van der Waals surface area contributed by atoms with Gasteiger partial charge in [0, 0.05) is 12.1 Å². The molecule has 0 spiro atoms. The van der Waals surface area contributed by atoms with E-state index in [0.717, 1.165) is 18.7 Å². The van der Waals surface area contributed by atoms with Gasteiger partial charge in [0.25, 0.3) is 5.91 Å². The molecule has 0 unspecified atom stereocenters. The molecule has 0 aromatic carbocycles. The molecule has 0 aliphatic heterocycles. The first-order valence-corrected chi connectivity index (χ1v) is 8.48. The Hall–Kier alpha value is -2.64. The fourth-order valence-electron chi connectivity index (χ4n) is 3.18. The normalized spacial score (nSPS) is 15.0. The largest absolute Gasteiger partial charge is 0.481 e. The second-order valence-corrected chi connectivity index (χ2v) is 6.04. The standard InChI is InChI=1S/C17H23N5O3/c1-24-15-9-8-13(17(20-15)25-2)16(23)18-10-14-21-19-11-22(14)12-6-4-3-5-7-12/h8-9,11-12H,3-7,10H2,1-2H3,(H,18,23). The molecule has 25 heavy (non-hydrogen) atoms. The van der Waals surface area contributed by atoms with Crippen LogP contribution in [0.4, 0.5) is 0 Å². The summed E-state index contributed by atoms with van der Waals surface area (Å²) in [5, 5.41) is 11.0. The molecule has 0 radical (unpaired) electrons. The number of methoxy groups -OCH3 is 2. The van der Waals surface area contributed by atoms with E-state index < -0.39 is 0 Å². The summed E-state index contributed by atoms with van der Waals surface area (Å²) in [6.07, 6.45) is 7.76. The van der Waals surface area contributed by atoms with Gasteiger partial charge in [-0.2, -0.15) is 4.98 Å². The van der Waals surface area contributed by atoms with Crippen LogP contribution in [-0.4, -0.2) is 39.9 Å². The van der Waals surface area contributed by atoms with E-state index in [1.54, 1.807) is 18.5 Å². The minimum atomic E-state index is -0.273. The number of nitrogens with zero attached hydrogens (tertiary/aromatic N) is 4. The van der Waals surface area contributed by atoms with Gasteiger partial charge in [-0.25, -0.2) is 0 Å². The molecule has 1 aliphatic rings. The summed E-state index contributed by atoms with van der Waals surface area (Å²) < 4.78 is 12.3. The minimum Gasteiger partial charge on any atom is -0.481 e. The van der Waals surface area contributed by atoms with Crippen LogP contribution in [0.15, 0.2) is 18.5 Å². The Morgan fingerprint density at radius 2 is 2.04 bits per heavy atom. The van der Waals surface area contributed by atoms with E-state index in [1.807, 2.05) is 0 Å². The van der Waals surface area contributed by atoms with Crippen molar-refractivity contribution in [1.29, 1.82) is 0 Å². The molecule has 2 heterocycles. The number of pyridine rings is 1. The van der Waals surface area contributed by atoms with Crippen LogP contribution in [-0.2, 0) is 6.54 Å². The molecule has 3 rings (SSSR count). The number of hydrogen-bond acceptors (Lipinski definition) is 6. The van der Waals surface area contributed by atoms with E-state index in [0.29, 0.717) is 24.0 Å². The van der Waals surface area contributed by atoms with Gasteiger partial charge >= 0.3 is 0 Å². The van der Waals surface area contributed by atoms with E-state index in [4.69, 9.17) is 9.47 Å². The molecule has 1 fully saturated rings. The Labute approximate surface area is 146 Å². The third-order valence-electron chi connectivity index (χ3n) is 4.50. The number of hydrogen-bond donors (Lipinski definition) is 1. The third-order valence-corrected chi connectivity index (χ3v) is 4.50. The maximum atomic E-state index is 12.5. The van der Waals surface area contributed by atoms with Gasteiger partial charge < -0.3 is 19.4 Å². The molecule has 8 nitrogen and oxygen atoms in total. The van der Waals surface area contributed by atoms with E-state index in [-0.39, 0.29) is 11.8 Å². The maximum Gasteiger partial charge on any atom is 0.257 e. The summed E-state index contributed by atoms with van der Waals surface area (Å²) in [6.45, 7) is 0.310. The number of carbonyl (C=O) groups is 1. The Balaban J connectivity index is 1.68. The Kier molecular flexibility index (Phi) is 5.47. The summed E-state index contributed by atoms with van der Waals surface area (Å²) in [4.78, 5) is 16.6. The van der Waals surface area contributed by atoms with Crippen molar-refractivity contribution in [2.24, 2.45) is 0 Å². The van der Waals surface area contributed by atoms with Crippen LogP contribution in [0, 0.1) is 0 Å². The first kappa shape index (κ1) is 17.2. The fraction of sp³-hybridized carbons (Fsp3) is 0.529. The zero-order chi connectivity index (χ0) is 17.6. The molecule has 1 aliphatic carbocycles. The summed E-state index contributed by atoms with van der Waals surface area (Å²) >= 11 is 0. The van der Waals surface area contributed by atoms with Crippen LogP contribution in [0.1, 0.15) is 54.3 Å². The quantitative estimate of drug-likeness (QED) is 0.862. The maximum absolute atomic E-state index is 12.5. The van der Waals surface area contributed by atoms with Crippen molar-refractivity contribution in [2.45, 2.75) is 44.7 Å². The molecule has 134 valence electrons. The van der Waals surface area contributed by atoms with Gasteiger partial charge in [-0.05, 0) is 18.9 Å². The van der Waals surface area contributed by atoms with Gasteiger partial charge in [-0.1, -0.05) is 19.3 Å². The monoisotopic (exact) mass is 345 g/mol. The SMILES string of the molecule is COc1ccc(C(=O)NCc2nncn2C2CCCCC2)c(OC)n1. The van der Waals surface area contributed by atoms with Crippen LogP contribution in [0.2, 0.25) is 0 Å². The zero-order valence-corrected chi connectivity index (χ0v) is 14.6. The van der Waals surface area contributed by atoms with E-state index in [2.05, 4.69) is 25.1 Å². The highest BCUT2D eigenvalue weighted by Gasteiger charge is 2.20. The molecule has 2 aromatic heterocycles. The number of amides is 1. The molecule has 8 heteroatoms. The Morgan fingerprint density at radius 1 is 1.24 bits per heavy atom. The fourth-order valence-corrected chi connectivity index (χ4v) is 3.18. The molecule has 1 N–H and O–H groups in total. The van der Waals surface area contributed by atoms with E-state index in [1.165, 1.54) is 33.5 Å². The predicted octanol–water partition coefficient (Wildman–Crippen LogP) is 2.13. The van der Waals surface area contributed by atoms with Crippen molar-refractivity contribution < 1.29 is 14.3 Å². The number of rotatable bonds is 6. The highest BCUT2D eigenvalue weighted by Crippen LogP contribution is 2.28. The molecular weight excluding hydrogens is 322 g/mol. The van der Waals surface area contributed by atoms with Crippen LogP contribution < -0.4 is 14.8 Å². The molecule has 0 saturated heterocycles. The summed E-state index contributed by atoms with van der Waals surface area (Å²) in [5.41, 5.74) is 0.354. The van der Waals surface area contributed by atoms with Gasteiger partial charge in [-0.15, -0.1) is 10.2 Å². The van der Waals surface area contributed by atoms with Gasteiger partial charge in [0.2, 0.25) is 11.8 Å². The van der Waals surface area contributed by atoms with Crippen molar-refractivity contribution >= 4 is 5.91 Å². The first-order chi connectivity index (χ1) is 12.2. The lowest BCUT2D eigenvalue weighted by Gasteiger charge is -2.24. The Bertz CT molecular complexity index is 725. The lowest BCUT2D eigenvalue weighted by atomic mass is 9.95. The summed E-state index contributed by atoms with van der Waals surface area (Å²) in [7, 11) is 2.98. The van der Waals surface area contributed by atoms with Crippen molar-refractivity contribution in [3.05, 3.63) is 29.8 Å². The molecule has 0 bridgehead atoms. The summed E-state index contributed by atoms with van der Waals surface area (Å²) in [6, 6.07) is 3.68. The topological polar surface area (TPSA) is 91.2 Å². The molecule has 1 saturated carbocycles. The smallest absolute Gasteiger partial charge is 0.257 e. The molecule has 1 amide bonds. The van der Waals surface area contributed by atoms with Crippen molar-refractivity contribution in [2.75, 3.05) is 14.2 Å². The first-order valence-electron chi connectivity index (χ1n) is 8.48. The van der Waals surface area contributed by atoms with E-state index >= 15 is 0 Å². The number of aromatic nitrogens is 4. The van der Waals surface area contributed by atoms with Gasteiger partial charge in [0.05, 0.1) is 20.8 Å². The highest BCUT2D eigenvalue weighted by molar-refractivity contribution is 5.96. The van der Waals surface area contributed by atoms with Crippen LogP contribution in [0.25, 0.3) is 0 Å². The van der Waals surface area contributed by atoms with Crippen molar-refractivity contribution in [1.82, 2.24) is 25.1 Å². The summed E-state index contributed by atoms with van der Waals surface area (Å²) in [5.74, 6) is 1.11. The average Bonchev–Trinajstić information content (AvgIpc) is 3.14. The third kappa shape index (κ3) is 3.89. The molecule has 2 aromatic rings. The Morgan fingerprint density at radius 3 is 2.76 bits per heavy atom. The predicted molar refractivity (Wildman–Crippen MR) is 90.7 cm³/mol. The zero-order valence-electron chi connectivity index (χ0n) is 14.6. The molecular formula is C17H23N5O3. The number of nitrogens with one attached hydrogen (secondary N) is 1. The van der Waals surface area contributed by atoms with Crippen LogP contribution >= 0.6 is 0 Å². The van der Waals surface area contributed by atoms with Gasteiger partial charge in [-0.3, -0.25) is 4.79 Å². The second-order valence-electron chi connectivity index (χ2n) is 6.04. The van der Waals surface area contributed by atoms with Gasteiger partial charge in [0.1, 0.15) is 11.9 Å². The minimum absolute atomic E-state index is 0.227. The van der Waals surface area contributed by atoms with Crippen LogP contribution in [0.3, 0.4) is 0 Å². The molecule has 0 atom stereocenters. The highest BCUT2D eigenvalue weighted by atomic mass is 16.5. The average molecular weight is 345 g/mol. The van der Waals surface area contributed by atoms with Crippen LogP contribution in [0.5, 0.6) is 11.8 Å². The number of carbonyl (C=O) groups excluding carboxylic acids is 1. The lowest BCUT2D eigenvalue weighted by molar-refractivity contribution is 0.0945. The second kappa shape index (κ2) is 7.96.